The molecule has 0 amide bonds. The summed E-state index contributed by atoms with van der Waals surface area (Å²) >= 11 is 10.9. The van der Waals surface area contributed by atoms with Crippen LogP contribution in [0.2, 0.25) is 13.7 Å². The Bertz CT molecular complexity index is 2550. The van der Waals surface area contributed by atoms with Crippen molar-refractivity contribution in [3.05, 3.63) is 176 Å². The molecule has 0 heterocycles. The van der Waals surface area contributed by atoms with Crippen LogP contribution >= 0.6 is 23.2 Å². The summed E-state index contributed by atoms with van der Waals surface area (Å²) in [5, 5.41) is 6.19. The summed E-state index contributed by atoms with van der Waals surface area (Å²) in [7, 11) is 0. The van der Waals surface area contributed by atoms with Crippen molar-refractivity contribution >= 4 is 48.0 Å². The maximum absolute atomic E-state index is 7.05. The summed E-state index contributed by atoms with van der Waals surface area (Å²) in [6.07, 6.45) is 9.63. The van der Waals surface area contributed by atoms with Gasteiger partial charge in [-0.1, -0.05) is 0 Å². The Morgan fingerprint density at radius 2 is 0.793 bits per heavy atom. The molecule has 0 saturated heterocycles. The Hall–Kier alpha value is -3.35. The average Bonchev–Trinajstić information content (AvgIpc) is 3.79. The SMILES string of the molecule is CC(C)(C)c1cc2c(cc1C(C)(C)C)[CH]([Zr](=[C](c1ccc(Cl)c3ccccc13)c1ccc(Cl)c3ccccc13)[CH]1C=CC=C1)c1cc(C(C)(C)C)c(C(C)(C)C)cc1-2. The van der Waals surface area contributed by atoms with Gasteiger partial charge in [-0.15, -0.1) is 0 Å². The van der Waals surface area contributed by atoms with Gasteiger partial charge in [-0.3, -0.25) is 0 Å². The molecule has 6 aromatic carbocycles. The molecule has 296 valence electrons. The van der Waals surface area contributed by atoms with Crippen molar-refractivity contribution in [2.45, 2.75) is 112 Å². The summed E-state index contributed by atoms with van der Waals surface area (Å²) in [6.45, 7) is 28.7. The second-order valence-electron chi connectivity index (χ2n) is 20.8. The number of fused-ring (bicyclic) bond motifs is 5. The molecular weight excluding hydrogens is 823 g/mol. The van der Waals surface area contributed by atoms with Gasteiger partial charge >= 0.3 is 368 Å². The van der Waals surface area contributed by atoms with Crippen molar-refractivity contribution < 1.29 is 21.3 Å². The van der Waals surface area contributed by atoms with E-state index < -0.39 is 21.3 Å². The number of rotatable bonds is 4. The molecule has 6 aromatic rings. The molecule has 0 fully saturated rings. The molecule has 0 spiro atoms. The number of benzene rings is 6. The molecule has 0 N–H and O–H groups in total. The Morgan fingerprint density at radius 1 is 0.448 bits per heavy atom. The summed E-state index contributed by atoms with van der Waals surface area (Å²) in [6, 6.07) is 37.0. The third kappa shape index (κ3) is 7.20. The zero-order chi connectivity index (χ0) is 41.7. The van der Waals surface area contributed by atoms with E-state index in [1.54, 1.807) is 0 Å². The van der Waals surface area contributed by atoms with Gasteiger partial charge in [0.2, 0.25) is 0 Å². The van der Waals surface area contributed by atoms with Gasteiger partial charge in [0.25, 0.3) is 0 Å². The summed E-state index contributed by atoms with van der Waals surface area (Å²) < 4.78 is 2.09. The first-order chi connectivity index (χ1) is 27.2. The molecule has 58 heavy (non-hydrogen) atoms. The standard InChI is InChI=1S/C29H41.C21H12Cl2.C5H5.Zr/c1-26(2,3)22-14-18-13-19-15-23(27(4,5)6)25(29(10,11)12)17-21(19)20(18)16-24(22)28(7,8)9;22-20-11-9-14(16-5-1-3-7-18(16)20)13-15-10-12-21(23)19-8-4-2-6-17(15)19;1-2-4-5-3-1;/h13-17H,1-12H3;1-12H;1-5H;. The molecule has 3 heteroatoms. The van der Waals surface area contributed by atoms with Gasteiger partial charge in [0.15, 0.2) is 0 Å². The van der Waals surface area contributed by atoms with Gasteiger partial charge in [-0.2, -0.15) is 0 Å². The molecule has 0 nitrogen and oxygen atoms in total. The van der Waals surface area contributed by atoms with E-state index in [1.807, 2.05) is 0 Å². The van der Waals surface area contributed by atoms with Crippen LogP contribution in [0.3, 0.4) is 0 Å². The summed E-state index contributed by atoms with van der Waals surface area (Å²) in [5.41, 5.74) is 14.2. The fourth-order valence-electron chi connectivity index (χ4n) is 9.72. The molecule has 0 saturated carbocycles. The van der Waals surface area contributed by atoms with Gasteiger partial charge < -0.3 is 0 Å². The normalized spacial score (nSPS) is 14.8. The first-order valence-electron chi connectivity index (χ1n) is 21.0. The van der Waals surface area contributed by atoms with Crippen LogP contribution in [0.5, 0.6) is 0 Å². The van der Waals surface area contributed by atoms with Crippen molar-refractivity contribution in [1.82, 2.24) is 0 Å². The van der Waals surface area contributed by atoms with Crippen LogP contribution in [0.15, 0.2) is 121 Å². The van der Waals surface area contributed by atoms with Crippen molar-refractivity contribution in [3.63, 3.8) is 0 Å². The molecule has 0 unspecified atom stereocenters. The third-order valence-corrected chi connectivity index (χ3v) is 21.7. The third-order valence-electron chi connectivity index (χ3n) is 12.5. The number of hydrogen-bond acceptors (Lipinski definition) is 0. The average molecular weight is 881 g/mol. The van der Waals surface area contributed by atoms with Crippen molar-refractivity contribution in [3.8, 4) is 11.1 Å². The molecule has 0 bridgehead atoms. The number of allylic oxidation sites excluding steroid dienone is 4. The number of halogens is 2. The minimum absolute atomic E-state index is 0.0195. The minimum atomic E-state index is -3.17. The van der Waals surface area contributed by atoms with E-state index in [-0.39, 0.29) is 25.3 Å². The Balaban J connectivity index is 1.63. The first kappa shape index (κ1) is 41.4. The fourth-order valence-corrected chi connectivity index (χ4v) is 19.6. The van der Waals surface area contributed by atoms with E-state index in [9.17, 15) is 0 Å². The summed E-state index contributed by atoms with van der Waals surface area (Å²) in [4.78, 5) is 0. The van der Waals surface area contributed by atoms with E-state index in [0.717, 1.165) is 20.8 Å². The second kappa shape index (κ2) is 14.7. The molecule has 0 aromatic heterocycles. The monoisotopic (exact) mass is 878 g/mol. The van der Waals surface area contributed by atoms with Gasteiger partial charge in [0, 0.05) is 0 Å². The quantitative estimate of drug-likeness (QED) is 0.165. The van der Waals surface area contributed by atoms with Crippen LogP contribution < -0.4 is 0 Å². The van der Waals surface area contributed by atoms with E-state index in [4.69, 9.17) is 23.2 Å². The van der Waals surface area contributed by atoms with Crippen LogP contribution in [0.4, 0.5) is 0 Å². The van der Waals surface area contributed by atoms with Gasteiger partial charge in [-0.25, -0.2) is 0 Å². The van der Waals surface area contributed by atoms with E-state index in [1.165, 1.54) is 69.6 Å². The maximum atomic E-state index is 7.05. The Kier molecular flexibility index (Phi) is 10.5. The van der Waals surface area contributed by atoms with E-state index in [0.29, 0.717) is 3.63 Å². The van der Waals surface area contributed by atoms with Crippen molar-refractivity contribution in [2.24, 2.45) is 0 Å². The van der Waals surface area contributed by atoms with E-state index in [2.05, 4.69) is 204 Å². The summed E-state index contributed by atoms with van der Waals surface area (Å²) in [5.74, 6) is 0. The molecule has 2 aliphatic rings. The molecule has 8 rings (SSSR count). The molecule has 0 radical (unpaired) electrons. The molecule has 0 atom stereocenters. The molecular formula is C55H58Cl2Zr. The second-order valence-corrected chi connectivity index (χ2v) is 28.1. The van der Waals surface area contributed by atoms with Gasteiger partial charge in [-0.05, 0) is 0 Å². The van der Waals surface area contributed by atoms with Gasteiger partial charge in [0.05, 0.1) is 0 Å². The van der Waals surface area contributed by atoms with E-state index >= 15 is 0 Å². The van der Waals surface area contributed by atoms with Crippen LogP contribution in [0.1, 0.15) is 131 Å². The van der Waals surface area contributed by atoms with Gasteiger partial charge in [0.1, 0.15) is 0 Å². The fraction of sp³-hybridized carbons (Fsp3) is 0.327. The predicted octanol–water partition coefficient (Wildman–Crippen LogP) is 16.4. The Morgan fingerprint density at radius 3 is 1.16 bits per heavy atom. The predicted molar refractivity (Wildman–Crippen MR) is 252 cm³/mol. The zero-order valence-corrected chi connectivity index (χ0v) is 40.4. The molecule has 2 aliphatic carbocycles. The molecule has 0 aliphatic heterocycles. The van der Waals surface area contributed by atoms with Crippen LogP contribution in [-0.4, -0.2) is 3.21 Å². The topological polar surface area (TPSA) is 0 Å². The zero-order valence-electron chi connectivity index (χ0n) is 36.5. The van der Waals surface area contributed by atoms with Crippen molar-refractivity contribution in [1.29, 1.82) is 0 Å². The van der Waals surface area contributed by atoms with Crippen LogP contribution in [0, 0.1) is 0 Å². The Labute approximate surface area is 365 Å². The van der Waals surface area contributed by atoms with Crippen molar-refractivity contribution in [2.75, 3.05) is 0 Å². The number of hydrogen-bond donors (Lipinski definition) is 0. The van der Waals surface area contributed by atoms with Crippen LogP contribution in [-0.2, 0) is 42.9 Å². The first-order valence-corrected chi connectivity index (χ1v) is 25.8. The van der Waals surface area contributed by atoms with Crippen LogP contribution in [0.25, 0.3) is 32.7 Å².